The van der Waals surface area contributed by atoms with E-state index in [1.54, 1.807) is 0 Å². The molecule has 0 bridgehead atoms. The quantitative estimate of drug-likeness (QED) is 0.779. The SMILES string of the molecule is CC1CCc2nc3ccccc3c(C(=O)OCC(=O)NC(=O)C3CCCCC3)c2C1. The van der Waals surface area contributed by atoms with Crippen LogP contribution in [0.3, 0.4) is 0 Å². The number of nitrogens with zero attached hydrogens (tertiary/aromatic N) is 1. The molecule has 1 heterocycles. The van der Waals surface area contributed by atoms with E-state index in [0.29, 0.717) is 11.5 Å². The van der Waals surface area contributed by atoms with Gasteiger partial charge < -0.3 is 4.74 Å². The molecule has 2 aromatic rings. The van der Waals surface area contributed by atoms with Crippen molar-refractivity contribution in [1.82, 2.24) is 10.3 Å². The highest BCUT2D eigenvalue weighted by atomic mass is 16.5. The number of aromatic nitrogens is 1. The largest absolute Gasteiger partial charge is 0.452 e. The Morgan fingerprint density at radius 1 is 1.10 bits per heavy atom. The number of fused-ring (bicyclic) bond motifs is 2. The van der Waals surface area contributed by atoms with Crippen molar-refractivity contribution in [3.8, 4) is 0 Å². The summed E-state index contributed by atoms with van der Waals surface area (Å²) < 4.78 is 5.36. The van der Waals surface area contributed by atoms with Crippen LogP contribution in [0.15, 0.2) is 24.3 Å². The van der Waals surface area contributed by atoms with Crippen LogP contribution in [0.1, 0.15) is 67.1 Å². The summed E-state index contributed by atoms with van der Waals surface area (Å²) in [5.74, 6) is -1.01. The van der Waals surface area contributed by atoms with E-state index in [0.717, 1.165) is 73.5 Å². The maximum absolute atomic E-state index is 13.0. The van der Waals surface area contributed by atoms with Crippen LogP contribution in [0, 0.1) is 11.8 Å². The Labute approximate surface area is 176 Å². The van der Waals surface area contributed by atoms with Crippen molar-refractivity contribution in [2.75, 3.05) is 6.61 Å². The number of pyridine rings is 1. The highest BCUT2D eigenvalue weighted by Crippen LogP contribution is 2.32. The number of imide groups is 1. The van der Waals surface area contributed by atoms with Crippen LogP contribution in [0.5, 0.6) is 0 Å². The number of carbonyl (C=O) groups is 3. The van der Waals surface area contributed by atoms with Gasteiger partial charge in [0.15, 0.2) is 6.61 Å². The number of hydrogen-bond donors (Lipinski definition) is 1. The molecular weight excluding hydrogens is 380 g/mol. The lowest BCUT2D eigenvalue weighted by atomic mass is 9.84. The molecule has 1 aromatic carbocycles. The molecule has 1 atom stereocenters. The number of esters is 1. The van der Waals surface area contributed by atoms with Crippen molar-refractivity contribution in [2.45, 2.75) is 58.3 Å². The number of para-hydroxylation sites is 1. The smallest absolute Gasteiger partial charge is 0.339 e. The Bertz CT molecular complexity index is 979. The molecular formula is C24H28N2O4. The first kappa shape index (κ1) is 20.5. The van der Waals surface area contributed by atoms with Crippen LogP contribution in [0.2, 0.25) is 0 Å². The van der Waals surface area contributed by atoms with E-state index in [-0.39, 0.29) is 11.8 Å². The van der Waals surface area contributed by atoms with Crippen LogP contribution in [0.4, 0.5) is 0 Å². The Kier molecular flexibility index (Phi) is 6.11. The van der Waals surface area contributed by atoms with Gasteiger partial charge in [0.1, 0.15) is 0 Å². The van der Waals surface area contributed by atoms with Gasteiger partial charge in [-0.2, -0.15) is 0 Å². The second-order valence-corrected chi connectivity index (χ2v) is 8.60. The number of ether oxygens (including phenoxy) is 1. The van der Waals surface area contributed by atoms with Crippen LogP contribution < -0.4 is 5.32 Å². The van der Waals surface area contributed by atoms with Gasteiger partial charge in [0.2, 0.25) is 5.91 Å². The van der Waals surface area contributed by atoms with Gasteiger partial charge in [0.05, 0.1) is 11.1 Å². The Morgan fingerprint density at radius 3 is 2.67 bits per heavy atom. The molecule has 2 aliphatic carbocycles. The second kappa shape index (κ2) is 8.94. The van der Waals surface area contributed by atoms with Crippen molar-refractivity contribution >= 4 is 28.7 Å². The fourth-order valence-electron chi connectivity index (χ4n) is 4.64. The molecule has 1 fully saturated rings. The summed E-state index contributed by atoms with van der Waals surface area (Å²) in [7, 11) is 0. The molecule has 2 aliphatic rings. The van der Waals surface area contributed by atoms with Crippen molar-refractivity contribution in [3.05, 3.63) is 41.1 Å². The first-order chi connectivity index (χ1) is 14.5. The van der Waals surface area contributed by atoms with E-state index in [9.17, 15) is 14.4 Å². The predicted molar refractivity (Wildman–Crippen MR) is 113 cm³/mol. The van der Waals surface area contributed by atoms with Crippen molar-refractivity contribution in [1.29, 1.82) is 0 Å². The fraction of sp³-hybridized carbons (Fsp3) is 0.500. The standard InChI is InChI=1S/C24H28N2O4/c1-15-11-12-20-18(13-15)22(17-9-5-6-10-19(17)25-20)24(29)30-14-21(27)26-23(28)16-7-3-2-4-8-16/h5-6,9-10,15-16H,2-4,7-8,11-14H2,1H3,(H,26,27,28). The Morgan fingerprint density at radius 2 is 1.87 bits per heavy atom. The monoisotopic (exact) mass is 408 g/mol. The number of rotatable bonds is 4. The normalized spacial score (nSPS) is 19.2. The summed E-state index contributed by atoms with van der Waals surface area (Å²) in [6.07, 6.45) is 7.43. The van der Waals surface area contributed by atoms with E-state index in [2.05, 4.69) is 12.2 Å². The molecule has 30 heavy (non-hydrogen) atoms. The van der Waals surface area contributed by atoms with Gasteiger partial charge in [-0.15, -0.1) is 0 Å². The zero-order valence-corrected chi connectivity index (χ0v) is 17.4. The number of hydrogen-bond acceptors (Lipinski definition) is 5. The molecule has 6 nitrogen and oxygen atoms in total. The van der Waals surface area contributed by atoms with E-state index >= 15 is 0 Å². The molecule has 158 valence electrons. The predicted octanol–water partition coefficient (Wildman–Crippen LogP) is 3.74. The highest BCUT2D eigenvalue weighted by molar-refractivity contribution is 6.06. The minimum absolute atomic E-state index is 0.115. The summed E-state index contributed by atoms with van der Waals surface area (Å²) in [6.45, 7) is 1.70. The molecule has 1 unspecified atom stereocenters. The zero-order chi connectivity index (χ0) is 21.1. The topological polar surface area (TPSA) is 85.4 Å². The van der Waals surface area contributed by atoms with Gasteiger partial charge in [0.25, 0.3) is 5.91 Å². The number of carbonyl (C=O) groups excluding carboxylic acids is 3. The van der Waals surface area contributed by atoms with Crippen LogP contribution in [0.25, 0.3) is 10.9 Å². The van der Waals surface area contributed by atoms with E-state index in [1.165, 1.54) is 0 Å². The third-order valence-corrected chi connectivity index (χ3v) is 6.28. The molecule has 4 rings (SSSR count). The minimum Gasteiger partial charge on any atom is -0.452 e. The second-order valence-electron chi connectivity index (χ2n) is 8.60. The Hall–Kier alpha value is -2.76. The summed E-state index contributed by atoms with van der Waals surface area (Å²) in [4.78, 5) is 42.2. The summed E-state index contributed by atoms with van der Waals surface area (Å²) in [5, 5.41) is 3.14. The summed E-state index contributed by atoms with van der Waals surface area (Å²) in [6, 6.07) is 7.52. The van der Waals surface area contributed by atoms with Crippen molar-refractivity contribution in [3.63, 3.8) is 0 Å². The van der Waals surface area contributed by atoms with Gasteiger partial charge in [-0.1, -0.05) is 44.4 Å². The van der Waals surface area contributed by atoms with Gasteiger partial charge in [-0.05, 0) is 49.7 Å². The lowest BCUT2D eigenvalue weighted by Gasteiger charge is -2.24. The maximum Gasteiger partial charge on any atom is 0.339 e. The first-order valence-electron chi connectivity index (χ1n) is 10.9. The number of nitrogens with one attached hydrogen (secondary N) is 1. The molecule has 6 heteroatoms. The third-order valence-electron chi connectivity index (χ3n) is 6.28. The van der Waals surface area contributed by atoms with Gasteiger partial charge in [-0.25, -0.2) is 4.79 Å². The molecule has 1 saturated carbocycles. The highest BCUT2D eigenvalue weighted by Gasteiger charge is 2.27. The lowest BCUT2D eigenvalue weighted by Crippen LogP contribution is -2.39. The Balaban J connectivity index is 1.48. The van der Waals surface area contributed by atoms with Crippen LogP contribution in [-0.4, -0.2) is 29.4 Å². The molecule has 0 spiro atoms. The van der Waals surface area contributed by atoms with Crippen molar-refractivity contribution in [2.24, 2.45) is 11.8 Å². The third kappa shape index (κ3) is 4.37. The van der Waals surface area contributed by atoms with Gasteiger partial charge >= 0.3 is 5.97 Å². The number of benzene rings is 1. The number of amides is 2. The van der Waals surface area contributed by atoms with E-state index in [4.69, 9.17) is 9.72 Å². The van der Waals surface area contributed by atoms with Gasteiger partial charge in [0, 0.05) is 17.0 Å². The average Bonchev–Trinajstić information content (AvgIpc) is 2.76. The summed E-state index contributed by atoms with van der Waals surface area (Å²) >= 11 is 0. The molecule has 1 N–H and O–H groups in total. The average molecular weight is 408 g/mol. The molecule has 2 amide bonds. The molecule has 1 aromatic heterocycles. The molecule has 0 radical (unpaired) electrons. The van der Waals surface area contributed by atoms with Crippen LogP contribution in [-0.2, 0) is 27.2 Å². The summed E-state index contributed by atoms with van der Waals surface area (Å²) in [5.41, 5.74) is 3.13. The van der Waals surface area contributed by atoms with Crippen LogP contribution >= 0.6 is 0 Å². The van der Waals surface area contributed by atoms with Gasteiger partial charge in [-0.3, -0.25) is 19.9 Å². The zero-order valence-electron chi connectivity index (χ0n) is 17.4. The minimum atomic E-state index is -0.570. The fourth-order valence-corrected chi connectivity index (χ4v) is 4.64. The number of aryl methyl sites for hydroxylation is 1. The lowest BCUT2D eigenvalue weighted by molar-refractivity contribution is -0.135. The van der Waals surface area contributed by atoms with E-state index in [1.807, 2.05) is 24.3 Å². The molecule has 0 aliphatic heterocycles. The van der Waals surface area contributed by atoms with Crippen molar-refractivity contribution < 1.29 is 19.1 Å². The molecule has 0 saturated heterocycles. The maximum atomic E-state index is 13.0. The van der Waals surface area contributed by atoms with E-state index < -0.39 is 18.5 Å². The first-order valence-corrected chi connectivity index (χ1v) is 10.9.